The van der Waals surface area contributed by atoms with Crippen LogP contribution in [0.25, 0.3) is 0 Å². The van der Waals surface area contributed by atoms with Gasteiger partial charge in [0.2, 0.25) is 17.6 Å². The third-order valence-corrected chi connectivity index (χ3v) is 4.90. The highest BCUT2D eigenvalue weighted by Gasteiger charge is 2.31. The van der Waals surface area contributed by atoms with Crippen molar-refractivity contribution in [2.75, 3.05) is 0 Å². The summed E-state index contributed by atoms with van der Waals surface area (Å²) in [6, 6.07) is 1.88. The smallest absolute Gasteiger partial charge is 0.220 e. The van der Waals surface area contributed by atoms with E-state index in [1.807, 2.05) is 0 Å². The minimum atomic E-state index is -0.657. The Morgan fingerprint density at radius 2 is 1.46 bits per heavy atom. The molecule has 2 unspecified atom stereocenters. The lowest BCUT2D eigenvalue weighted by atomic mass is 9.94. The molecule has 2 saturated heterocycles. The van der Waals surface area contributed by atoms with E-state index in [0.717, 1.165) is 25.7 Å². The minimum Gasteiger partial charge on any atom is -0.346 e. The van der Waals surface area contributed by atoms with Crippen molar-refractivity contribution < 1.29 is 19.2 Å². The maximum absolute atomic E-state index is 12.9. The van der Waals surface area contributed by atoms with Crippen LogP contribution in [0.4, 0.5) is 0 Å². The second kappa shape index (κ2) is 8.21. The summed E-state index contributed by atoms with van der Waals surface area (Å²) >= 11 is 0. The van der Waals surface area contributed by atoms with Gasteiger partial charge >= 0.3 is 0 Å². The van der Waals surface area contributed by atoms with Gasteiger partial charge in [-0.25, -0.2) is 0 Å². The molecule has 0 bridgehead atoms. The van der Waals surface area contributed by atoms with E-state index in [-0.39, 0.29) is 34.6 Å². The Morgan fingerprint density at radius 1 is 0.885 bits per heavy atom. The summed E-state index contributed by atoms with van der Waals surface area (Å²) in [5.41, 5.74) is 0.284. The average molecular weight is 357 g/mol. The van der Waals surface area contributed by atoms with Gasteiger partial charge in [0.05, 0.1) is 12.1 Å². The molecule has 3 rings (SSSR count). The molecule has 0 aliphatic carbocycles. The molecule has 7 nitrogen and oxygen atoms in total. The summed E-state index contributed by atoms with van der Waals surface area (Å²) < 4.78 is 0. The summed E-state index contributed by atoms with van der Waals surface area (Å²) in [6.45, 7) is 0. The lowest BCUT2D eigenvalue weighted by Gasteiger charge is -2.18. The number of amides is 2. The Balaban J connectivity index is 1.85. The number of hydrogen-bond donors (Lipinski definition) is 2. The van der Waals surface area contributed by atoms with E-state index in [0.29, 0.717) is 25.7 Å². The van der Waals surface area contributed by atoms with Crippen LogP contribution in [0.5, 0.6) is 0 Å². The predicted molar refractivity (Wildman–Crippen MR) is 93.7 cm³/mol. The summed E-state index contributed by atoms with van der Waals surface area (Å²) in [5.74, 6) is -0.935. The average Bonchev–Trinajstić information content (AvgIpc) is 3.00. The van der Waals surface area contributed by atoms with Gasteiger partial charge < -0.3 is 10.6 Å². The van der Waals surface area contributed by atoms with Crippen molar-refractivity contribution in [2.45, 2.75) is 63.5 Å². The van der Waals surface area contributed by atoms with Crippen LogP contribution in [0.1, 0.15) is 72.2 Å². The highest BCUT2D eigenvalue weighted by atomic mass is 16.2. The van der Waals surface area contributed by atoms with E-state index in [1.54, 1.807) is 12.1 Å². The highest BCUT2D eigenvalue weighted by molar-refractivity contribution is 6.12. The lowest BCUT2D eigenvalue weighted by molar-refractivity contribution is -0.122. The van der Waals surface area contributed by atoms with E-state index in [2.05, 4.69) is 15.6 Å². The van der Waals surface area contributed by atoms with Crippen LogP contribution in [-0.4, -0.2) is 40.4 Å². The van der Waals surface area contributed by atoms with Crippen molar-refractivity contribution in [3.05, 3.63) is 29.6 Å². The number of carbonyl (C=O) groups is 4. The lowest BCUT2D eigenvalue weighted by Crippen LogP contribution is -2.42. The zero-order chi connectivity index (χ0) is 18.5. The molecule has 26 heavy (non-hydrogen) atoms. The molecule has 3 heterocycles. The maximum Gasteiger partial charge on any atom is 0.220 e. The van der Waals surface area contributed by atoms with E-state index >= 15 is 0 Å². The van der Waals surface area contributed by atoms with Crippen LogP contribution >= 0.6 is 0 Å². The minimum absolute atomic E-state index is 0.0724. The molecular formula is C19H23N3O4. The highest BCUT2D eigenvalue weighted by Crippen LogP contribution is 2.19. The van der Waals surface area contributed by atoms with Gasteiger partial charge in [-0.2, -0.15) is 0 Å². The topological polar surface area (TPSA) is 105 Å². The first-order valence-corrected chi connectivity index (χ1v) is 9.18. The number of nitrogens with zero attached hydrogens (tertiary/aromatic N) is 1. The van der Waals surface area contributed by atoms with Crippen LogP contribution in [0.15, 0.2) is 18.3 Å². The molecular weight excluding hydrogens is 334 g/mol. The van der Waals surface area contributed by atoms with E-state index in [9.17, 15) is 19.2 Å². The third kappa shape index (κ3) is 4.15. The predicted octanol–water partition coefficient (Wildman–Crippen LogP) is 1.56. The van der Waals surface area contributed by atoms with Crippen LogP contribution in [-0.2, 0) is 9.59 Å². The number of Topliss-reactive ketones (excluding diaryl/α,β-unsaturated/α-hetero) is 2. The van der Waals surface area contributed by atoms with Crippen molar-refractivity contribution in [1.29, 1.82) is 0 Å². The molecule has 2 amide bonds. The van der Waals surface area contributed by atoms with Gasteiger partial charge in [-0.15, -0.1) is 0 Å². The zero-order valence-electron chi connectivity index (χ0n) is 14.6. The Hall–Kier alpha value is -2.57. The van der Waals surface area contributed by atoms with Gasteiger partial charge in [-0.3, -0.25) is 24.2 Å². The first-order chi connectivity index (χ1) is 12.6. The second-order valence-electron chi connectivity index (χ2n) is 6.86. The van der Waals surface area contributed by atoms with Crippen molar-refractivity contribution in [3.8, 4) is 0 Å². The van der Waals surface area contributed by atoms with Gasteiger partial charge in [-0.1, -0.05) is 12.8 Å². The fourth-order valence-corrected chi connectivity index (χ4v) is 3.49. The molecule has 0 spiro atoms. The fourth-order valence-electron chi connectivity index (χ4n) is 3.49. The van der Waals surface area contributed by atoms with Crippen molar-refractivity contribution in [1.82, 2.24) is 15.6 Å². The van der Waals surface area contributed by atoms with Crippen LogP contribution < -0.4 is 10.6 Å². The van der Waals surface area contributed by atoms with Crippen LogP contribution in [0.3, 0.4) is 0 Å². The van der Waals surface area contributed by atoms with Crippen LogP contribution in [0, 0.1) is 0 Å². The molecule has 2 aliphatic heterocycles. The number of pyridine rings is 1. The van der Waals surface area contributed by atoms with Gasteiger partial charge in [-0.05, 0) is 37.8 Å². The summed E-state index contributed by atoms with van der Waals surface area (Å²) in [4.78, 5) is 53.5. The summed E-state index contributed by atoms with van der Waals surface area (Å²) in [7, 11) is 0. The first kappa shape index (κ1) is 18.2. The Morgan fingerprint density at radius 3 is 2.08 bits per heavy atom. The number of ketones is 2. The second-order valence-corrected chi connectivity index (χ2v) is 6.86. The standard InChI is InChI=1S/C19H23N3O4/c23-15-9-3-1-7-13(21-15)18(25)12-6-5-11-20-17(12)19(26)14-8-2-4-10-16(24)22-14/h5-6,11,13-14H,1-4,7-10H2,(H,21,23)(H,22,24). The van der Waals surface area contributed by atoms with Crippen molar-refractivity contribution in [2.24, 2.45) is 0 Å². The Bertz CT molecular complexity index is 670. The first-order valence-electron chi connectivity index (χ1n) is 9.18. The van der Waals surface area contributed by atoms with Crippen LogP contribution in [0.2, 0.25) is 0 Å². The molecule has 0 radical (unpaired) electrons. The monoisotopic (exact) mass is 357 g/mol. The molecule has 2 N–H and O–H groups in total. The molecule has 0 saturated carbocycles. The quantitative estimate of drug-likeness (QED) is 0.796. The van der Waals surface area contributed by atoms with E-state index < -0.39 is 12.1 Å². The molecule has 2 atom stereocenters. The zero-order valence-corrected chi connectivity index (χ0v) is 14.6. The third-order valence-electron chi connectivity index (χ3n) is 4.90. The fraction of sp³-hybridized carbons (Fsp3) is 0.526. The van der Waals surface area contributed by atoms with Gasteiger partial charge in [0, 0.05) is 24.6 Å². The molecule has 1 aromatic rings. The number of nitrogens with one attached hydrogen (secondary N) is 2. The number of rotatable bonds is 4. The van der Waals surface area contributed by atoms with Gasteiger partial charge in [0.15, 0.2) is 5.78 Å². The van der Waals surface area contributed by atoms with Crippen molar-refractivity contribution >= 4 is 23.4 Å². The maximum atomic E-state index is 12.9. The molecule has 138 valence electrons. The summed E-state index contributed by atoms with van der Waals surface area (Å²) in [5, 5.41) is 5.47. The van der Waals surface area contributed by atoms with E-state index in [1.165, 1.54) is 6.20 Å². The van der Waals surface area contributed by atoms with Crippen molar-refractivity contribution in [3.63, 3.8) is 0 Å². The molecule has 0 aromatic carbocycles. The Labute approximate surface area is 151 Å². The number of aromatic nitrogens is 1. The SMILES string of the molecule is O=C1CCCCC(C(=O)c2cccnc2C(=O)C2CCCCC(=O)N2)N1. The molecule has 2 fully saturated rings. The van der Waals surface area contributed by atoms with Gasteiger partial charge in [0.1, 0.15) is 5.69 Å². The largest absolute Gasteiger partial charge is 0.346 e. The van der Waals surface area contributed by atoms with E-state index in [4.69, 9.17) is 0 Å². The number of carbonyl (C=O) groups excluding carboxylic acids is 4. The molecule has 2 aliphatic rings. The normalized spacial score (nSPS) is 24.0. The van der Waals surface area contributed by atoms with Gasteiger partial charge in [0.25, 0.3) is 0 Å². The molecule has 7 heteroatoms. The Kier molecular flexibility index (Phi) is 5.75. The molecule has 1 aromatic heterocycles. The summed E-state index contributed by atoms with van der Waals surface area (Å²) in [6.07, 6.45) is 6.42. The number of hydrogen-bond acceptors (Lipinski definition) is 5.